The van der Waals surface area contributed by atoms with Crippen LogP contribution in [0.25, 0.3) is 22.0 Å². The van der Waals surface area contributed by atoms with Crippen molar-refractivity contribution in [1.29, 1.82) is 0 Å². The van der Waals surface area contributed by atoms with Crippen molar-refractivity contribution in [2.75, 3.05) is 0 Å². The first kappa shape index (κ1) is 13.9. The Morgan fingerprint density at radius 1 is 1.00 bits per heavy atom. The molecule has 0 aliphatic heterocycles. The maximum absolute atomic E-state index is 6.60. The van der Waals surface area contributed by atoms with Gasteiger partial charge in [0.25, 0.3) is 0 Å². The van der Waals surface area contributed by atoms with Crippen molar-refractivity contribution < 1.29 is 0 Å². The topological polar surface area (TPSA) is 12.9 Å². The molecule has 0 radical (unpaired) electrons. The number of hydrogen-bond acceptors (Lipinski definition) is 1. The molecule has 0 N–H and O–H groups in total. The van der Waals surface area contributed by atoms with Crippen LogP contribution in [0.4, 0.5) is 0 Å². The monoisotopic (exact) mass is 365 g/mol. The van der Waals surface area contributed by atoms with Crippen molar-refractivity contribution in [1.82, 2.24) is 4.98 Å². The molecule has 3 rings (SSSR count). The molecule has 0 unspecified atom stereocenters. The standard InChI is InChI=1S/C16H10BrCl2N/c1-9-7-8-11(17)13-14(18)12(16(19)20-15(9)13)10-5-3-2-4-6-10/h2-8H,1H3. The van der Waals surface area contributed by atoms with Gasteiger partial charge in [0.2, 0.25) is 0 Å². The highest BCUT2D eigenvalue weighted by Gasteiger charge is 2.17. The summed E-state index contributed by atoms with van der Waals surface area (Å²) in [6.45, 7) is 2.00. The fourth-order valence-corrected chi connectivity index (χ4v) is 3.60. The highest BCUT2D eigenvalue weighted by molar-refractivity contribution is 9.10. The molecule has 1 heterocycles. The van der Waals surface area contributed by atoms with Crippen LogP contribution in [0.3, 0.4) is 0 Å². The minimum Gasteiger partial charge on any atom is -0.235 e. The van der Waals surface area contributed by atoms with E-state index in [1.165, 1.54) is 0 Å². The van der Waals surface area contributed by atoms with Gasteiger partial charge < -0.3 is 0 Å². The van der Waals surface area contributed by atoms with Gasteiger partial charge in [0.15, 0.2) is 0 Å². The highest BCUT2D eigenvalue weighted by atomic mass is 79.9. The summed E-state index contributed by atoms with van der Waals surface area (Å²) in [5, 5.41) is 1.95. The highest BCUT2D eigenvalue weighted by Crippen LogP contribution is 2.41. The number of hydrogen-bond donors (Lipinski definition) is 0. The fourth-order valence-electron chi connectivity index (χ4n) is 2.24. The van der Waals surface area contributed by atoms with Crippen molar-refractivity contribution in [2.45, 2.75) is 6.92 Å². The second kappa shape index (κ2) is 5.36. The second-order valence-electron chi connectivity index (χ2n) is 4.55. The van der Waals surface area contributed by atoms with Crippen molar-refractivity contribution in [3.63, 3.8) is 0 Å². The Morgan fingerprint density at radius 3 is 2.40 bits per heavy atom. The number of fused-ring (bicyclic) bond motifs is 1. The van der Waals surface area contributed by atoms with E-state index >= 15 is 0 Å². The van der Waals surface area contributed by atoms with Crippen LogP contribution in [0.15, 0.2) is 46.9 Å². The van der Waals surface area contributed by atoms with Crippen LogP contribution in [0, 0.1) is 6.92 Å². The number of benzene rings is 2. The summed E-state index contributed by atoms with van der Waals surface area (Å²) in [5.41, 5.74) is 3.61. The molecule has 20 heavy (non-hydrogen) atoms. The van der Waals surface area contributed by atoms with Crippen LogP contribution in [-0.4, -0.2) is 4.98 Å². The molecule has 0 aliphatic rings. The summed E-state index contributed by atoms with van der Waals surface area (Å²) < 4.78 is 0.921. The van der Waals surface area contributed by atoms with Crippen molar-refractivity contribution in [3.05, 3.63) is 62.7 Å². The number of aromatic nitrogens is 1. The molecule has 3 aromatic rings. The van der Waals surface area contributed by atoms with E-state index in [2.05, 4.69) is 20.9 Å². The molecule has 0 saturated carbocycles. The zero-order valence-electron chi connectivity index (χ0n) is 10.6. The third-order valence-electron chi connectivity index (χ3n) is 3.25. The van der Waals surface area contributed by atoms with E-state index in [4.69, 9.17) is 23.2 Å². The SMILES string of the molecule is Cc1ccc(Br)c2c(Cl)c(-c3ccccc3)c(Cl)nc12. The van der Waals surface area contributed by atoms with Gasteiger partial charge in [-0.25, -0.2) is 4.98 Å². The van der Waals surface area contributed by atoms with Gasteiger partial charge in [-0.1, -0.05) is 75.5 Å². The van der Waals surface area contributed by atoms with Crippen LogP contribution in [0.1, 0.15) is 5.56 Å². The number of nitrogens with zero attached hydrogens (tertiary/aromatic N) is 1. The van der Waals surface area contributed by atoms with Crippen LogP contribution in [0.2, 0.25) is 10.2 Å². The first-order valence-corrected chi connectivity index (χ1v) is 7.63. The molecule has 100 valence electrons. The summed E-state index contributed by atoms with van der Waals surface area (Å²) in [4.78, 5) is 4.52. The molecule has 0 fully saturated rings. The zero-order valence-corrected chi connectivity index (χ0v) is 13.7. The molecule has 0 atom stereocenters. The average Bonchev–Trinajstić information content (AvgIpc) is 2.44. The third-order valence-corrected chi connectivity index (χ3v) is 4.56. The Balaban J connectivity index is 2.44. The molecule has 0 saturated heterocycles. The minimum atomic E-state index is 0.426. The number of halogens is 3. The van der Waals surface area contributed by atoms with Gasteiger partial charge in [0.05, 0.1) is 10.5 Å². The van der Waals surface area contributed by atoms with E-state index < -0.39 is 0 Å². The third kappa shape index (κ3) is 2.22. The van der Waals surface area contributed by atoms with E-state index in [0.717, 1.165) is 32.1 Å². The predicted octanol–water partition coefficient (Wildman–Crippen LogP) is 6.28. The molecule has 1 aromatic heterocycles. The lowest BCUT2D eigenvalue weighted by Gasteiger charge is -2.12. The van der Waals surface area contributed by atoms with Gasteiger partial charge >= 0.3 is 0 Å². The lowest BCUT2D eigenvalue weighted by Crippen LogP contribution is -1.91. The number of pyridine rings is 1. The van der Waals surface area contributed by atoms with Crippen LogP contribution < -0.4 is 0 Å². The van der Waals surface area contributed by atoms with Crippen LogP contribution in [-0.2, 0) is 0 Å². The van der Waals surface area contributed by atoms with Gasteiger partial charge in [0, 0.05) is 15.4 Å². The largest absolute Gasteiger partial charge is 0.235 e. The zero-order chi connectivity index (χ0) is 14.3. The number of rotatable bonds is 1. The Hall–Kier alpha value is -1.09. The Labute approximate surface area is 135 Å². The maximum Gasteiger partial charge on any atom is 0.139 e. The van der Waals surface area contributed by atoms with E-state index in [-0.39, 0.29) is 0 Å². The van der Waals surface area contributed by atoms with Gasteiger partial charge in [-0.2, -0.15) is 0 Å². The van der Waals surface area contributed by atoms with Crippen molar-refractivity contribution in [2.24, 2.45) is 0 Å². The number of aryl methyl sites for hydroxylation is 1. The van der Waals surface area contributed by atoms with E-state index in [1.54, 1.807) is 0 Å². The lowest BCUT2D eigenvalue weighted by atomic mass is 10.0. The summed E-state index contributed by atoms with van der Waals surface area (Å²) in [5.74, 6) is 0. The predicted molar refractivity (Wildman–Crippen MR) is 89.6 cm³/mol. The van der Waals surface area contributed by atoms with Crippen LogP contribution in [0.5, 0.6) is 0 Å². The summed E-state index contributed by atoms with van der Waals surface area (Å²) >= 11 is 16.5. The van der Waals surface area contributed by atoms with Gasteiger partial charge in [-0.05, 0) is 24.1 Å². The molecule has 2 aromatic carbocycles. The van der Waals surface area contributed by atoms with Gasteiger partial charge in [-0.3, -0.25) is 0 Å². The van der Waals surface area contributed by atoms with Crippen LogP contribution >= 0.6 is 39.1 Å². The average molecular weight is 367 g/mol. The minimum absolute atomic E-state index is 0.426. The normalized spacial score (nSPS) is 11.0. The molecule has 1 nitrogen and oxygen atoms in total. The lowest BCUT2D eigenvalue weighted by molar-refractivity contribution is 1.36. The molecule has 0 spiro atoms. The fraction of sp³-hybridized carbons (Fsp3) is 0.0625. The summed E-state index contributed by atoms with van der Waals surface area (Å²) in [7, 11) is 0. The first-order chi connectivity index (χ1) is 9.59. The molecule has 0 aliphatic carbocycles. The first-order valence-electron chi connectivity index (χ1n) is 6.09. The van der Waals surface area contributed by atoms with Gasteiger partial charge in [-0.15, -0.1) is 0 Å². The van der Waals surface area contributed by atoms with E-state index in [1.807, 2.05) is 49.4 Å². The summed E-state index contributed by atoms with van der Waals surface area (Å²) in [6.07, 6.45) is 0. The Morgan fingerprint density at radius 2 is 1.70 bits per heavy atom. The quantitative estimate of drug-likeness (QED) is 0.462. The Bertz CT molecular complexity index is 801. The second-order valence-corrected chi connectivity index (χ2v) is 6.14. The van der Waals surface area contributed by atoms with Gasteiger partial charge in [0.1, 0.15) is 5.15 Å². The molecule has 0 bridgehead atoms. The Kier molecular flexibility index (Phi) is 3.72. The van der Waals surface area contributed by atoms with Crippen molar-refractivity contribution in [3.8, 4) is 11.1 Å². The molecule has 0 amide bonds. The molecule has 4 heteroatoms. The maximum atomic E-state index is 6.60. The molecular weight excluding hydrogens is 357 g/mol. The van der Waals surface area contributed by atoms with E-state index in [0.29, 0.717) is 10.2 Å². The smallest absolute Gasteiger partial charge is 0.139 e. The van der Waals surface area contributed by atoms with E-state index in [9.17, 15) is 0 Å². The summed E-state index contributed by atoms with van der Waals surface area (Å²) in [6, 6.07) is 13.8. The van der Waals surface area contributed by atoms with Crippen molar-refractivity contribution >= 4 is 50.0 Å². The molecular formula is C16H10BrCl2N.